The van der Waals surface area contributed by atoms with Crippen LogP contribution in [0.2, 0.25) is 0 Å². The molecule has 1 atom stereocenters. The number of fused-ring (bicyclic) bond motifs is 1. The van der Waals surface area contributed by atoms with E-state index in [1.165, 1.54) is 0 Å². The maximum atomic E-state index is 11.8. The first-order valence-corrected chi connectivity index (χ1v) is 8.23. The fourth-order valence-corrected chi connectivity index (χ4v) is 2.39. The normalized spacial score (nSPS) is 11.0. The Kier molecular flexibility index (Phi) is 7.71. The minimum Gasteiger partial charge on any atom is -0.395 e. The number of aromatic nitrogens is 3. The minimum atomic E-state index is -0.316. The lowest BCUT2D eigenvalue weighted by Crippen LogP contribution is -2.12. The second-order valence-corrected chi connectivity index (χ2v) is 4.56. The average molecular weight is 330 g/mol. The van der Waals surface area contributed by atoms with E-state index in [-0.39, 0.29) is 24.0 Å². The van der Waals surface area contributed by atoms with E-state index in [9.17, 15) is 9.90 Å². The summed E-state index contributed by atoms with van der Waals surface area (Å²) in [5.41, 5.74) is 7.84. The Bertz CT molecular complexity index is 794. The van der Waals surface area contributed by atoms with Gasteiger partial charge < -0.3 is 15.8 Å². The Morgan fingerprint density at radius 1 is 1.17 bits per heavy atom. The van der Waals surface area contributed by atoms with Crippen LogP contribution in [0.5, 0.6) is 0 Å². The van der Waals surface area contributed by atoms with Crippen molar-refractivity contribution in [2.24, 2.45) is 0 Å². The van der Waals surface area contributed by atoms with E-state index in [0.717, 1.165) is 11.1 Å². The van der Waals surface area contributed by atoms with Crippen molar-refractivity contribution < 1.29 is 5.11 Å². The number of hydrogen-bond donors (Lipinski definition) is 4. The van der Waals surface area contributed by atoms with Crippen LogP contribution in [0.4, 0.5) is 5.95 Å². The Labute approximate surface area is 141 Å². The summed E-state index contributed by atoms with van der Waals surface area (Å²) >= 11 is 0. The van der Waals surface area contributed by atoms with Gasteiger partial charge in [0, 0.05) is 17.7 Å². The molecule has 2 heterocycles. The van der Waals surface area contributed by atoms with Gasteiger partial charge in [-0.25, -0.2) is 4.98 Å². The molecule has 24 heavy (non-hydrogen) atoms. The standard InChI is InChI=1S/C14H14N4O2.2C2H6/c15-14-17-11-9(6-16-12(11)13(20)18-14)10(7-19)8-4-2-1-3-5-8;2*1-2/h1-6,10,16,19H,7H2,(H3,15,17,18,20);2*1-2H3. The van der Waals surface area contributed by atoms with Gasteiger partial charge in [0.25, 0.3) is 5.56 Å². The summed E-state index contributed by atoms with van der Waals surface area (Å²) in [4.78, 5) is 21.3. The maximum absolute atomic E-state index is 11.8. The van der Waals surface area contributed by atoms with Crippen molar-refractivity contribution in [2.75, 3.05) is 12.3 Å². The van der Waals surface area contributed by atoms with E-state index >= 15 is 0 Å². The third-order valence-electron chi connectivity index (χ3n) is 3.34. The van der Waals surface area contributed by atoms with Gasteiger partial charge in [0.05, 0.1) is 6.61 Å². The van der Waals surface area contributed by atoms with Crippen LogP contribution in [0.1, 0.15) is 44.7 Å². The zero-order chi connectivity index (χ0) is 18.1. The molecule has 0 fully saturated rings. The molecule has 6 nitrogen and oxygen atoms in total. The molecule has 0 saturated heterocycles. The molecular weight excluding hydrogens is 304 g/mol. The molecule has 1 unspecified atom stereocenters. The van der Waals surface area contributed by atoms with Crippen molar-refractivity contribution in [1.29, 1.82) is 0 Å². The third kappa shape index (κ3) is 4.02. The largest absolute Gasteiger partial charge is 0.395 e. The molecule has 2 aromatic heterocycles. The smallest absolute Gasteiger partial charge is 0.276 e. The summed E-state index contributed by atoms with van der Waals surface area (Å²) in [6, 6.07) is 9.57. The lowest BCUT2D eigenvalue weighted by Gasteiger charge is -2.13. The molecule has 0 aliphatic rings. The first-order valence-electron chi connectivity index (χ1n) is 8.23. The van der Waals surface area contributed by atoms with Gasteiger partial charge >= 0.3 is 0 Å². The van der Waals surface area contributed by atoms with Crippen LogP contribution in [0, 0.1) is 0 Å². The monoisotopic (exact) mass is 330 g/mol. The number of anilines is 1. The SMILES string of the molecule is CC.CC.Nc1nc2c(C(CO)c3ccccc3)c[nH]c2c(=O)[nH]1. The van der Waals surface area contributed by atoms with E-state index in [1.54, 1.807) is 6.20 Å². The number of H-pyrrole nitrogens is 2. The number of aromatic amines is 2. The molecule has 3 rings (SSSR count). The lowest BCUT2D eigenvalue weighted by molar-refractivity contribution is 0.281. The first kappa shape index (κ1) is 19.4. The number of nitrogens with one attached hydrogen (secondary N) is 2. The quantitative estimate of drug-likeness (QED) is 0.592. The number of nitrogens with two attached hydrogens (primary N) is 1. The van der Waals surface area contributed by atoms with E-state index in [1.807, 2.05) is 58.0 Å². The number of aliphatic hydroxyl groups excluding tert-OH is 1. The van der Waals surface area contributed by atoms with Crippen LogP contribution in [-0.2, 0) is 0 Å². The summed E-state index contributed by atoms with van der Waals surface area (Å²) in [6.07, 6.45) is 1.69. The molecule has 5 N–H and O–H groups in total. The topological polar surface area (TPSA) is 108 Å². The molecule has 130 valence electrons. The van der Waals surface area contributed by atoms with Crippen LogP contribution in [0.15, 0.2) is 41.3 Å². The van der Waals surface area contributed by atoms with Crippen molar-refractivity contribution in [3.8, 4) is 0 Å². The Morgan fingerprint density at radius 3 is 2.38 bits per heavy atom. The summed E-state index contributed by atoms with van der Waals surface area (Å²) in [6.45, 7) is 7.92. The molecule has 1 aromatic carbocycles. The predicted molar refractivity (Wildman–Crippen MR) is 99.2 cm³/mol. The zero-order valence-electron chi connectivity index (χ0n) is 14.6. The molecule has 0 aliphatic heterocycles. The van der Waals surface area contributed by atoms with Crippen LogP contribution >= 0.6 is 0 Å². The zero-order valence-corrected chi connectivity index (χ0v) is 14.6. The van der Waals surface area contributed by atoms with Gasteiger partial charge in [-0.2, -0.15) is 0 Å². The van der Waals surface area contributed by atoms with Crippen molar-refractivity contribution in [3.05, 3.63) is 58.0 Å². The Morgan fingerprint density at radius 2 is 1.79 bits per heavy atom. The Balaban J connectivity index is 0.000000671. The van der Waals surface area contributed by atoms with Crippen LogP contribution in [0.3, 0.4) is 0 Å². The average Bonchev–Trinajstić information content (AvgIpc) is 3.04. The highest BCUT2D eigenvalue weighted by Gasteiger charge is 2.19. The molecule has 0 saturated carbocycles. The van der Waals surface area contributed by atoms with Gasteiger partial charge in [-0.05, 0) is 5.56 Å². The molecule has 0 spiro atoms. The van der Waals surface area contributed by atoms with E-state index in [0.29, 0.717) is 11.0 Å². The summed E-state index contributed by atoms with van der Waals surface area (Å²) < 4.78 is 0. The fraction of sp³-hybridized carbons (Fsp3) is 0.333. The molecule has 0 bridgehead atoms. The van der Waals surface area contributed by atoms with Crippen molar-refractivity contribution in [3.63, 3.8) is 0 Å². The van der Waals surface area contributed by atoms with Crippen LogP contribution in [0.25, 0.3) is 11.0 Å². The minimum absolute atomic E-state index is 0.0631. The number of benzene rings is 1. The highest BCUT2D eigenvalue weighted by Crippen LogP contribution is 2.28. The number of rotatable bonds is 3. The van der Waals surface area contributed by atoms with E-state index in [2.05, 4.69) is 15.0 Å². The molecule has 0 amide bonds. The lowest BCUT2D eigenvalue weighted by atomic mass is 9.93. The van der Waals surface area contributed by atoms with Gasteiger partial charge in [0.1, 0.15) is 11.0 Å². The number of aliphatic hydroxyl groups is 1. The highest BCUT2D eigenvalue weighted by molar-refractivity contribution is 5.80. The van der Waals surface area contributed by atoms with Gasteiger partial charge in [0.2, 0.25) is 5.95 Å². The molecule has 3 aromatic rings. The number of nitrogen functional groups attached to an aromatic ring is 1. The highest BCUT2D eigenvalue weighted by atomic mass is 16.3. The summed E-state index contributed by atoms with van der Waals surface area (Å²) in [5.74, 6) is -0.188. The molecule has 6 heteroatoms. The molecule has 0 radical (unpaired) electrons. The van der Waals surface area contributed by atoms with Crippen molar-refractivity contribution >= 4 is 17.0 Å². The summed E-state index contributed by atoms with van der Waals surface area (Å²) in [5, 5.41) is 9.69. The van der Waals surface area contributed by atoms with Gasteiger partial charge in [-0.1, -0.05) is 58.0 Å². The maximum Gasteiger partial charge on any atom is 0.276 e. The molecule has 0 aliphatic carbocycles. The summed E-state index contributed by atoms with van der Waals surface area (Å²) in [7, 11) is 0. The van der Waals surface area contributed by atoms with Gasteiger partial charge in [-0.3, -0.25) is 9.78 Å². The first-order chi connectivity index (χ1) is 11.7. The fourth-order valence-electron chi connectivity index (χ4n) is 2.39. The number of hydrogen-bond acceptors (Lipinski definition) is 4. The second kappa shape index (κ2) is 9.52. The predicted octanol–water partition coefficient (Wildman–Crippen LogP) is 3.01. The number of nitrogens with zero attached hydrogens (tertiary/aromatic N) is 1. The van der Waals surface area contributed by atoms with E-state index in [4.69, 9.17) is 5.73 Å². The Hall–Kier alpha value is -2.60. The van der Waals surface area contributed by atoms with Crippen LogP contribution in [-0.4, -0.2) is 26.7 Å². The van der Waals surface area contributed by atoms with Crippen molar-refractivity contribution in [1.82, 2.24) is 15.0 Å². The van der Waals surface area contributed by atoms with Gasteiger partial charge in [0.15, 0.2) is 0 Å². The third-order valence-corrected chi connectivity index (χ3v) is 3.34. The van der Waals surface area contributed by atoms with E-state index < -0.39 is 0 Å². The molecular formula is C18H26N4O2. The van der Waals surface area contributed by atoms with Crippen molar-refractivity contribution in [2.45, 2.75) is 33.6 Å². The van der Waals surface area contributed by atoms with Gasteiger partial charge in [-0.15, -0.1) is 0 Å². The van der Waals surface area contributed by atoms with Crippen LogP contribution < -0.4 is 11.3 Å². The second-order valence-electron chi connectivity index (χ2n) is 4.56.